The van der Waals surface area contributed by atoms with Gasteiger partial charge in [-0.3, -0.25) is 4.79 Å². The number of aryl methyl sites for hydroxylation is 1. The molecule has 0 spiro atoms. The third kappa shape index (κ3) is 5.06. The van der Waals surface area contributed by atoms with Crippen LogP contribution in [0, 0.1) is 0 Å². The Morgan fingerprint density at radius 3 is 2.58 bits per heavy atom. The SMILES string of the molecule is O=C(O)CCCCn1nnc(Cc2cn(Cc3c(Cl)cccc3Cl)c3ccccc23)n1. The predicted octanol–water partition coefficient (Wildman–Crippen LogP) is 4.83. The van der Waals surface area contributed by atoms with E-state index in [4.69, 9.17) is 28.3 Å². The Labute approximate surface area is 189 Å². The Hall–Kier alpha value is -2.90. The van der Waals surface area contributed by atoms with E-state index in [0.29, 0.717) is 48.2 Å². The lowest BCUT2D eigenvalue weighted by molar-refractivity contribution is -0.137. The number of halogens is 2. The Kier molecular flexibility index (Phi) is 6.53. The van der Waals surface area contributed by atoms with Gasteiger partial charge < -0.3 is 9.67 Å². The van der Waals surface area contributed by atoms with Gasteiger partial charge in [-0.05, 0) is 41.8 Å². The van der Waals surface area contributed by atoms with E-state index >= 15 is 0 Å². The van der Waals surface area contributed by atoms with Crippen molar-refractivity contribution in [3.8, 4) is 0 Å². The summed E-state index contributed by atoms with van der Waals surface area (Å²) in [5.41, 5.74) is 3.04. The Balaban J connectivity index is 1.53. The maximum Gasteiger partial charge on any atom is 0.303 e. The number of benzene rings is 2. The molecule has 7 nitrogen and oxygen atoms in total. The number of carbonyl (C=O) groups is 1. The number of fused-ring (bicyclic) bond motifs is 1. The number of aromatic nitrogens is 5. The Morgan fingerprint density at radius 2 is 1.81 bits per heavy atom. The largest absolute Gasteiger partial charge is 0.481 e. The van der Waals surface area contributed by atoms with E-state index in [-0.39, 0.29) is 6.42 Å². The fourth-order valence-corrected chi connectivity index (χ4v) is 4.11. The van der Waals surface area contributed by atoms with Crippen LogP contribution in [-0.4, -0.2) is 35.9 Å². The van der Waals surface area contributed by atoms with E-state index in [0.717, 1.165) is 22.0 Å². The molecule has 1 N–H and O–H groups in total. The van der Waals surface area contributed by atoms with Gasteiger partial charge in [0, 0.05) is 45.6 Å². The molecule has 2 aromatic heterocycles. The van der Waals surface area contributed by atoms with Gasteiger partial charge in [0.1, 0.15) is 0 Å². The lowest BCUT2D eigenvalue weighted by atomic mass is 10.1. The number of rotatable bonds is 9. The third-order valence-electron chi connectivity index (χ3n) is 5.10. The van der Waals surface area contributed by atoms with Crippen molar-refractivity contribution in [2.75, 3.05) is 0 Å². The van der Waals surface area contributed by atoms with Crippen molar-refractivity contribution in [1.82, 2.24) is 24.8 Å². The number of nitrogens with zero attached hydrogens (tertiary/aromatic N) is 5. The maximum absolute atomic E-state index is 10.6. The highest BCUT2D eigenvalue weighted by Gasteiger charge is 2.14. The highest BCUT2D eigenvalue weighted by Crippen LogP contribution is 2.29. The fourth-order valence-electron chi connectivity index (χ4n) is 3.59. The molecule has 0 aliphatic heterocycles. The molecule has 0 fully saturated rings. The zero-order chi connectivity index (χ0) is 21.8. The molecule has 160 valence electrons. The Morgan fingerprint density at radius 1 is 1.03 bits per heavy atom. The van der Waals surface area contributed by atoms with Crippen LogP contribution in [0.5, 0.6) is 0 Å². The van der Waals surface area contributed by atoms with Crippen LogP contribution in [0.25, 0.3) is 10.9 Å². The minimum Gasteiger partial charge on any atom is -0.481 e. The number of para-hydroxylation sites is 1. The smallest absolute Gasteiger partial charge is 0.303 e. The molecule has 0 saturated heterocycles. The molecule has 0 bridgehead atoms. The molecule has 0 radical (unpaired) electrons. The van der Waals surface area contributed by atoms with E-state index in [1.807, 2.05) is 30.3 Å². The number of tetrazole rings is 1. The summed E-state index contributed by atoms with van der Waals surface area (Å²) >= 11 is 12.8. The van der Waals surface area contributed by atoms with E-state index in [1.54, 1.807) is 0 Å². The van der Waals surface area contributed by atoms with Gasteiger partial charge in [-0.25, -0.2) is 0 Å². The zero-order valence-corrected chi connectivity index (χ0v) is 18.2. The number of hydrogen-bond acceptors (Lipinski definition) is 4. The number of hydrogen-bond donors (Lipinski definition) is 1. The minimum absolute atomic E-state index is 0.149. The van der Waals surface area contributed by atoms with E-state index in [2.05, 4.69) is 38.3 Å². The lowest BCUT2D eigenvalue weighted by Gasteiger charge is -2.09. The van der Waals surface area contributed by atoms with Gasteiger partial charge in [0.15, 0.2) is 5.82 Å². The van der Waals surface area contributed by atoms with Gasteiger partial charge in [-0.1, -0.05) is 47.5 Å². The van der Waals surface area contributed by atoms with Crippen LogP contribution >= 0.6 is 23.2 Å². The van der Waals surface area contributed by atoms with Crippen LogP contribution in [-0.2, 0) is 24.3 Å². The molecule has 0 amide bonds. The number of unbranched alkanes of at least 4 members (excludes halogenated alkanes) is 1. The van der Waals surface area contributed by atoms with Crippen molar-refractivity contribution < 1.29 is 9.90 Å². The van der Waals surface area contributed by atoms with Crippen molar-refractivity contribution in [2.45, 2.75) is 38.8 Å². The summed E-state index contributed by atoms with van der Waals surface area (Å²) in [7, 11) is 0. The third-order valence-corrected chi connectivity index (χ3v) is 5.81. The standard InChI is InChI=1S/C22H21Cl2N5O2/c23-18-7-5-8-19(24)17(18)14-28-13-15(16-6-1-2-9-20(16)28)12-21-25-27-29(26-21)11-4-3-10-22(30)31/h1-2,5-9,13H,3-4,10-12,14H2,(H,30,31). The van der Waals surface area contributed by atoms with Crippen LogP contribution in [0.1, 0.15) is 36.2 Å². The van der Waals surface area contributed by atoms with Crippen molar-refractivity contribution in [2.24, 2.45) is 0 Å². The molecule has 31 heavy (non-hydrogen) atoms. The summed E-state index contributed by atoms with van der Waals surface area (Å²) in [5, 5.41) is 23.8. The predicted molar refractivity (Wildman–Crippen MR) is 120 cm³/mol. The van der Waals surface area contributed by atoms with E-state index < -0.39 is 5.97 Å². The van der Waals surface area contributed by atoms with Crippen LogP contribution in [0.4, 0.5) is 0 Å². The first-order chi connectivity index (χ1) is 15.0. The molecule has 0 unspecified atom stereocenters. The molecular formula is C22H21Cl2N5O2. The summed E-state index contributed by atoms with van der Waals surface area (Å²) in [6.07, 6.45) is 4.05. The molecule has 0 aliphatic carbocycles. The highest BCUT2D eigenvalue weighted by molar-refractivity contribution is 6.36. The molecule has 4 aromatic rings. The topological polar surface area (TPSA) is 85.8 Å². The first-order valence-corrected chi connectivity index (χ1v) is 10.7. The molecule has 2 aromatic carbocycles. The van der Waals surface area contributed by atoms with Gasteiger partial charge >= 0.3 is 5.97 Å². The average molecular weight is 458 g/mol. The monoisotopic (exact) mass is 457 g/mol. The zero-order valence-electron chi connectivity index (χ0n) is 16.7. The number of carboxylic acids is 1. The van der Waals surface area contributed by atoms with Gasteiger partial charge in [0.2, 0.25) is 0 Å². The van der Waals surface area contributed by atoms with Gasteiger partial charge in [-0.2, -0.15) is 4.80 Å². The van der Waals surface area contributed by atoms with E-state index in [9.17, 15) is 4.79 Å². The normalized spacial score (nSPS) is 11.3. The number of aliphatic carboxylic acids is 1. The van der Waals surface area contributed by atoms with Crippen molar-refractivity contribution in [1.29, 1.82) is 0 Å². The van der Waals surface area contributed by atoms with Crippen LogP contribution < -0.4 is 0 Å². The second-order valence-corrected chi connectivity index (χ2v) is 8.14. The van der Waals surface area contributed by atoms with Crippen LogP contribution in [0.2, 0.25) is 10.0 Å². The summed E-state index contributed by atoms with van der Waals surface area (Å²) < 4.78 is 2.13. The van der Waals surface area contributed by atoms with Crippen LogP contribution in [0.15, 0.2) is 48.7 Å². The highest BCUT2D eigenvalue weighted by atomic mass is 35.5. The van der Waals surface area contributed by atoms with Gasteiger partial charge in [-0.15, -0.1) is 10.2 Å². The molecular weight excluding hydrogens is 437 g/mol. The summed E-state index contributed by atoms with van der Waals surface area (Å²) in [5.74, 6) is -0.168. The van der Waals surface area contributed by atoms with E-state index in [1.165, 1.54) is 4.80 Å². The minimum atomic E-state index is -0.790. The van der Waals surface area contributed by atoms with Crippen molar-refractivity contribution >= 4 is 40.1 Å². The van der Waals surface area contributed by atoms with Gasteiger partial charge in [0.05, 0.1) is 13.1 Å². The summed E-state index contributed by atoms with van der Waals surface area (Å²) in [6.45, 7) is 1.11. The van der Waals surface area contributed by atoms with Crippen LogP contribution in [0.3, 0.4) is 0 Å². The summed E-state index contributed by atoms with van der Waals surface area (Å²) in [4.78, 5) is 12.1. The van der Waals surface area contributed by atoms with Crippen molar-refractivity contribution in [3.63, 3.8) is 0 Å². The second-order valence-electron chi connectivity index (χ2n) is 7.33. The first-order valence-electron chi connectivity index (χ1n) is 9.99. The second kappa shape index (κ2) is 9.49. The summed E-state index contributed by atoms with van der Waals surface area (Å²) in [6, 6.07) is 13.7. The Bertz CT molecular complexity index is 1200. The molecule has 9 heteroatoms. The molecule has 0 saturated carbocycles. The van der Waals surface area contributed by atoms with Gasteiger partial charge in [0.25, 0.3) is 0 Å². The molecule has 2 heterocycles. The first kappa shape index (κ1) is 21.3. The molecule has 0 aliphatic rings. The van der Waals surface area contributed by atoms with Crippen molar-refractivity contribution in [3.05, 3.63) is 75.7 Å². The average Bonchev–Trinajstić information content (AvgIpc) is 3.33. The molecule has 4 rings (SSSR count). The molecule has 0 atom stereocenters. The fraction of sp³-hybridized carbons (Fsp3) is 0.273. The number of carboxylic acid groups (broad SMARTS) is 1. The quantitative estimate of drug-likeness (QED) is 0.363. The lowest BCUT2D eigenvalue weighted by Crippen LogP contribution is -2.04. The maximum atomic E-state index is 10.6.